The van der Waals surface area contributed by atoms with Crippen LogP contribution in [-0.2, 0) is 5.75 Å². The van der Waals surface area contributed by atoms with Crippen LogP contribution in [0.5, 0.6) is 0 Å². The van der Waals surface area contributed by atoms with Crippen molar-refractivity contribution < 1.29 is 0 Å². The largest absolute Gasteiger partial charge is 0.309 e. The minimum absolute atomic E-state index is 0.105. The maximum atomic E-state index is 13.1. The topological polar surface area (TPSA) is 76.5 Å². The molecule has 2 aromatic carbocycles. The molecule has 33 heavy (non-hydrogen) atoms. The van der Waals surface area contributed by atoms with Crippen LogP contribution < -0.4 is 5.56 Å². The number of hydrogen-bond donors (Lipinski definition) is 1. The molecule has 3 aromatic heterocycles. The summed E-state index contributed by atoms with van der Waals surface area (Å²) in [5, 5.41) is 10.0. The van der Waals surface area contributed by atoms with Gasteiger partial charge in [-0.1, -0.05) is 59.3 Å². The van der Waals surface area contributed by atoms with Crippen LogP contribution in [0.25, 0.3) is 27.0 Å². The zero-order chi connectivity index (χ0) is 23.1. The molecular weight excluding hydrogens is 450 g/mol. The van der Waals surface area contributed by atoms with Crippen LogP contribution in [0.3, 0.4) is 0 Å². The summed E-state index contributed by atoms with van der Waals surface area (Å²) in [5.74, 6) is 1.94. The van der Waals surface area contributed by atoms with Gasteiger partial charge in [0.1, 0.15) is 16.5 Å². The van der Waals surface area contributed by atoms with Crippen molar-refractivity contribution in [2.75, 3.05) is 0 Å². The molecule has 3 heterocycles. The highest BCUT2D eigenvalue weighted by Gasteiger charge is 2.18. The molecule has 166 valence electrons. The molecular formula is C25H23N5OS2. The molecule has 0 aliphatic heterocycles. The lowest BCUT2D eigenvalue weighted by atomic mass is 10.0. The normalized spacial score (nSPS) is 11.4. The van der Waals surface area contributed by atoms with E-state index in [9.17, 15) is 4.79 Å². The second-order valence-corrected chi connectivity index (χ2v) is 10.2. The Hall–Kier alpha value is -3.23. The number of thiophene rings is 1. The summed E-state index contributed by atoms with van der Waals surface area (Å²) >= 11 is 3.07. The fraction of sp³-hybridized carbons (Fsp3) is 0.200. The van der Waals surface area contributed by atoms with E-state index >= 15 is 0 Å². The molecule has 5 aromatic rings. The number of fused-ring (bicyclic) bond motifs is 1. The summed E-state index contributed by atoms with van der Waals surface area (Å²) in [6.45, 7) is 8.10. The number of thioether (sulfide) groups is 1. The smallest absolute Gasteiger partial charge is 0.260 e. The summed E-state index contributed by atoms with van der Waals surface area (Å²) in [5.41, 5.74) is 5.31. The van der Waals surface area contributed by atoms with Crippen molar-refractivity contribution in [3.63, 3.8) is 0 Å². The molecule has 0 bridgehead atoms. The van der Waals surface area contributed by atoms with Gasteiger partial charge in [0, 0.05) is 16.1 Å². The van der Waals surface area contributed by atoms with E-state index in [2.05, 4.69) is 77.6 Å². The molecule has 6 nitrogen and oxygen atoms in total. The van der Waals surface area contributed by atoms with Gasteiger partial charge in [-0.05, 0) is 45.4 Å². The maximum absolute atomic E-state index is 13.1. The van der Waals surface area contributed by atoms with Gasteiger partial charge in [0.25, 0.3) is 5.56 Å². The lowest BCUT2D eigenvalue weighted by Crippen LogP contribution is -2.11. The molecule has 0 aliphatic rings. The van der Waals surface area contributed by atoms with Crippen molar-refractivity contribution in [3.8, 4) is 16.8 Å². The Morgan fingerprint density at radius 2 is 1.61 bits per heavy atom. The number of aromatic nitrogens is 5. The molecule has 0 spiro atoms. The third-order valence-electron chi connectivity index (χ3n) is 5.55. The Morgan fingerprint density at radius 1 is 0.939 bits per heavy atom. The maximum Gasteiger partial charge on any atom is 0.260 e. The SMILES string of the molecule is Cc1ccc(-c2c(C)sc3nc(CSc4nnc(C)n4-c4ccc(C)cc4)[nH]c(=O)c23)cc1. The van der Waals surface area contributed by atoms with Gasteiger partial charge >= 0.3 is 0 Å². The van der Waals surface area contributed by atoms with Gasteiger partial charge in [-0.15, -0.1) is 21.5 Å². The molecule has 0 saturated heterocycles. The molecule has 0 radical (unpaired) electrons. The third-order valence-corrected chi connectivity index (χ3v) is 7.49. The first-order valence-corrected chi connectivity index (χ1v) is 12.4. The molecule has 0 fully saturated rings. The molecule has 8 heteroatoms. The van der Waals surface area contributed by atoms with Crippen molar-refractivity contribution in [1.82, 2.24) is 24.7 Å². The predicted molar refractivity (Wildman–Crippen MR) is 136 cm³/mol. The molecule has 0 atom stereocenters. The Labute approximate surface area is 199 Å². The van der Waals surface area contributed by atoms with E-state index < -0.39 is 0 Å². The van der Waals surface area contributed by atoms with Gasteiger partial charge in [-0.2, -0.15) is 0 Å². The van der Waals surface area contributed by atoms with E-state index in [1.165, 1.54) is 22.9 Å². The number of nitrogens with one attached hydrogen (secondary N) is 1. The molecule has 1 N–H and O–H groups in total. The Kier molecular flexibility index (Phi) is 5.64. The van der Waals surface area contributed by atoms with Gasteiger partial charge in [0.2, 0.25) is 0 Å². The molecule has 0 amide bonds. The van der Waals surface area contributed by atoms with Gasteiger partial charge in [-0.25, -0.2) is 4.98 Å². The average Bonchev–Trinajstić information content (AvgIpc) is 3.33. The second kappa shape index (κ2) is 8.61. The third kappa shape index (κ3) is 4.12. The van der Waals surface area contributed by atoms with E-state index in [1.54, 1.807) is 11.3 Å². The number of aromatic amines is 1. The highest BCUT2D eigenvalue weighted by Crippen LogP contribution is 2.36. The summed E-state index contributed by atoms with van der Waals surface area (Å²) in [4.78, 5) is 22.7. The zero-order valence-corrected chi connectivity index (χ0v) is 20.5. The number of H-pyrrole nitrogens is 1. The van der Waals surface area contributed by atoms with E-state index in [0.717, 1.165) is 37.5 Å². The number of hydrogen-bond acceptors (Lipinski definition) is 6. The van der Waals surface area contributed by atoms with Gasteiger partial charge in [0.05, 0.1) is 11.1 Å². The predicted octanol–water partition coefficient (Wildman–Crippen LogP) is 5.76. The fourth-order valence-electron chi connectivity index (χ4n) is 3.86. The van der Waals surface area contributed by atoms with Crippen LogP contribution in [0, 0.1) is 27.7 Å². The van der Waals surface area contributed by atoms with E-state index in [1.807, 2.05) is 18.4 Å². The number of nitrogens with zero attached hydrogens (tertiary/aromatic N) is 4. The Balaban J connectivity index is 1.46. The quantitative estimate of drug-likeness (QED) is 0.329. The highest BCUT2D eigenvalue weighted by molar-refractivity contribution is 7.98. The molecule has 0 saturated carbocycles. The van der Waals surface area contributed by atoms with Gasteiger partial charge < -0.3 is 4.98 Å². The van der Waals surface area contributed by atoms with Crippen molar-refractivity contribution in [2.45, 2.75) is 38.6 Å². The molecule has 0 aliphatic carbocycles. The summed E-state index contributed by atoms with van der Waals surface area (Å²) in [6, 6.07) is 16.5. The summed E-state index contributed by atoms with van der Waals surface area (Å²) < 4.78 is 2.02. The average molecular weight is 474 g/mol. The summed E-state index contributed by atoms with van der Waals surface area (Å²) in [6.07, 6.45) is 0. The van der Waals surface area contributed by atoms with E-state index in [0.29, 0.717) is 17.0 Å². The lowest BCUT2D eigenvalue weighted by Gasteiger charge is -2.08. The monoisotopic (exact) mass is 473 g/mol. The fourth-order valence-corrected chi connectivity index (χ4v) is 5.79. The first kappa shape index (κ1) is 21.6. The second-order valence-electron chi connectivity index (χ2n) is 8.08. The van der Waals surface area contributed by atoms with Crippen molar-refractivity contribution >= 4 is 33.3 Å². The Bertz CT molecular complexity index is 1510. The number of aryl methyl sites for hydroxylation is 4. The highest BCUT2D eigenvalue weighted by atomic mass is 32.2. The summed E-state index contributed by atoms with van der Waals surface area (Å²) in [7, 11) is 0. The first-order chi connectivity index (χ1) is 15.9. The van der Waals surface area contributed by atoms with Crippen molar-refractivity contribution in [3.05, 3.63) is 86.5 Å². The van der Waals surface area contributed by atoms with Crippen LogP contribution in [0.4, 0.5) is 0 Å². The van der Waals surface area contributed by atoms with E-state index in [4.69, 9.17) is 4.98 Å². The van der Waals surface area contributed by atoms with Crippen LogP contribution in [0.2, 0.25) is 0 Å². The van der Waals surface area contributed by atoms with Crippen LogP contribution in [-0.4, -0.2) is 24.7 Å². The zero-order valence-electron chi connectivity index (χ0n) is 18.8. The van der Waals surface area contributed by atoms with Gasteiger partial charge in [-0.3, -0.25) is 9.36 Å². The molecule has 0 unspecified atom stereocenters. The Morgan fingerprint density at radius 3 is 2.30 bits per heavy atom. The molecule has 5 rings (SSSR count). The number of benzene rings is 2. The van der Waals surface area contributed by atoms with Crippen LogP contribution in [0.1, 0.15) is 27.7 Å². The minimum Gasteiger partial charge on any atom is -0.309 e. The first-order valence-electron chi connectivity index (χ1n) is 10.6. The lowest BCUT2D eigenvalue weighted by molar-refractivity contribution is 0.866. The van der Waals surface area contributed by atoms with Crippen molar-refractivity contribution in [2.24, 2.45) is 0 Å². The standard InChI is InChI=1S/C25H23N5OS2/c1-14-5-9-18(10-6-14)21-16(3)33-24-22(21)23(31)26-20(27-24)13-32-25-29-28-17(4)30(25)19-11-7-15(2)8-12-19/h5-12H,13H2,1-4H3,(H,26,27,31). The van der Waals surface area contributed by atoms with Gasteiger partial charge in [0.15, 0.2) is 5.16 Å². The minimum atomic E-state index is -0.105. The van der Waals surface area contributed by atoms with Crippen LogP contribution in [0.15, 0.2) is 58.5 Å². The number of rotatable bonds is 5. The van der Waals surface area contributed by atoms with Crippen molar-refractivity contribution in [1.29, 1.82) is 0 Å². The van der Waals surface area contributed by atoms with Crippen LogP contribution >= 0.6 is 23.1 Å². The van der Waals surface area contributed by atoms with E-state index in [-0.39, 0.29) is 5.56 Å².